The molecule has 1 aromatic carbocycles. The lowest BCUT2D eigenvalue weighted by atomic mass is 9.97. The Morgan fingerprint density at radius 3 is 2.77 bits per heavy atom. The van der Waals surface area contributed by atoms with Crippen molar-refractivity contribution >= 4 is 11.0 Å². The third-order valence-corrected chi connectivity index (χ3v) is 5.61. The number of nitrogens with zero attached hydrogens (tertiary/aromatic N) is 5. The van der Waals surface area contributed by atoms with Crippen LogP contribution in [0.4, 0.5) is 4.39 Å². The van der Waals surface area contributed by atoms with Crippen molar-refractivity contribution in [3.63, 3.8) is 0 Å². The van der Waals surface area contributed by atoms with Crippen molar-refractivity contribution in [1.82, 2.24) is 24.3 Å². The lowest BCUT2D eigenvalue weighted by molar-refractivity contribution is 0.401. The minimum Gasteiger partial charge on any atom is -0.390 e. The van der Waals surface area contributed by atoms with Gasteiger partial charge in [-0.1, -0.05) is 12.1 Å². The second-order valence-corrected chi connectivity index (χ2v) is 7.47. The molecule has 9 heteroatoms. The number of fused-ring (bicyclic) bond motifs is 1. The highest BCUT2D eigenvalue weighted by atomic mass is 19.1. The van der Waals surface area contributed by atoms with Gasteiger partial charge in [0.25, 0.3) is 5.56 Å². The lowest BCUT2D eigenvalue weighted by Crippen LogP contribution is -2.22. The summed E-state index contributed by atoms with van der Waals surface area (Å²) < 4.78 is 21.2. The summed E-state index contributed by atoms with van der Waals surface area (Å²) in [7, 11) is 0. The van der Waals surface area contributed by atoms with Crippen molar-refractivity contribution in [3.8, 4) is 0 Å². The number of benzene rings is 1. The Morgan fingerprint density at radius 2 is 1.93 bits per heavy atom. The molecule has 3 heterocycles. The summed E-state index contributed by atoms with van der Waals surface area (Å²) in [6.45, 7) is 0.00696. The lowest BCUT2D eigenvalue weighted by Gasteiger charge is -2.11. The fourth-order valence-electron chi connectivity index (χ4n) is 4.10. The second-order valence-electron chi connectivity index (χ2n) is 7.47. The van der Waals surface area contributed by atoms with Crippen LogP contribution in [0.25, 0.3) is 11.0 Å². The molecule has 0 bridgehead atoms. The Labute approximate surface area is 169 Å². The maximum absolute atomic E-state index is 13.2. The van der Waals surface area contributed by atoms with E-state index < -0.39 is 5.76 Å². The Hall–Kier alpha value is -3.62. The zero-order chi connectivity index (χ0) is 20.7. The van der Waals surface area contributed by atoms with E-state index in [1.807, 2.05) is 0 Å². The van der Waals surface area contributed by atoms with E-state index in [4.69, 9.17) is 4.42 Å². The number of hydrogen-bond acceptors (Lipinski definition) is 6. The smallest absolute Gasteiger partial charge is 0.390 e. The van der Waals surface area contributed by atoms with Gasteiger partial charge in [0.05, 0.1) is 11.4 Å². The third-order valence-electron chi connectivity index (χ3n) is 5.61. The van der Waals surface area contributed by atoms with Gasteiger partial charge in [-0.2, -0.15) is 4.68 Å². The summed E-state index contributed by atoms with van der Waals surface area (Å²) in [4.78, 5) is 33.2. The van der Waals surface area contributed by atoms with Crippen LogP contribution in [0.3, 0.4) is 0 Å². The zero-order valence-corrected chi connectivity index (χ0v) is 15.9. The minimum atomic E-state index is -0.543. The van der Waals surface area contributed by atoms with Crippen LogP contribution in [0.1, 0.15) is 42.7 Å². The van der Waals surface area contributed by atoms with Crippen molar-refractivity contribution in [1.29, 1.82) is 0 Å². The molecule has 0 spiro atoms. The highest BCUT2D eigenvalue weighted by molar-refractivity contribution is 5.72. The average molecular weight is 407 g/mol. The predicted octanol–water partition coefficient (Wildman–Crippen LogP) is 2.64. The summed E-state index contributed by atoms with van der Waals surface area (Å²) >= 11 is 0. The first-order chi connectivity index (χ1) is 14.6. The third kappa shape index (κ3) is 3.32. The first-order valence-electron chi connectivity index (χ1n) is 9.72. The molecule has 30 heavy (non-hydrogen) atoms. The zero-order valence-electron chi connectivity index (χ0n) is 15.9. The molecule has 0 aliphatic heterocycles. The minimum absolute atomic E-state index is 0.00696. The molecule has 1 aliphatic carbocycles. The molecule has 152 valence electrons. The first-order valence-corrected chi connectivity index (χ1v) is 9.72. The van der Waals surface area contributed by atoms with Gasteiger partial charge in [-0.25, -0.2) is 19.2 Å². The van der Waals surface area contributed by atoms with Crippen LogP contribution in [0, 0.1) is 5.82 Å². The summed E-state index contributed by atoms with van der Waals surface area (Å²) in [5.41, 5.74) is 1.14. The van der Waals surface area contributed by atoms with Crippen LogP contribution in [0.2, 0.25) is 0 Å². The van der Waals surface area contributed by atoms with Crippen LogP contribution >= 0.6 is 0 Å². The number of pyridine rings is 1. The van der Waals surface area contributed by atoms with Crippen LogP contribution in [0.15, 0.2) is 62.9 Å². The largest absolute Gasteiger partial charge is 0.437 e. The first kappa shape index (κ1) is 18.4. The van der Waals surface area contributed by atoms with E-state index in [1.54, 1.807) is 30.5 Å². The molecule has 4 aromatic rings. The van der Waals surface area contributed by atoms with E-state index in [0.717, 1.165) is 24.8 Å². The molecule has 2 atom stereocenters. The van der Waals surface area contributed by atoms with Gasteiger partial charge in [0.2, 0.25) is 5.89 Å². The quantitative estimate of drug-likeness (QED) is 0.516. The topological polar surface area (TPSA) is 95.8 Å². The van der Waals surface area contributed by atoms with E-state index in [9.17, 15) is 14.0 Å². The molecule has 1 fully saturated rings. The summed E-state index contributed by atoms with van der Waals surface area (Å²) in [5.74, 6) is -0.419. The molecule has 8 nitrogen and oxygen atoms in total. The van der Waals surface area contributed by atoms with Gasteiger partial charge in [0.15, 0.2) is 5.65 Å². The van der Waals surface area contributed by atoms with Gasteiger partial charge >= 0.3 is 5.76 Å². The highest BCUT2D eigenvalue weighted by Gasteiger charge is 2.30. The van der Waals surface area contributed by atoms with Gasteiger partial charge in [-0.3, -0.25) is 9.36 Å². The molecule has 0 radical (unpaired) electrons. The molecular formula is C21H18FN5O3. The molecule has 3 aromatic heterocycles. The number of hydrogen-bond donors (Lipinski definition) is 0. The van der Waals surface area contributed by atoms with Gasteiger partial charge in [-0.15, -0.1) is 5.10 Å². The Bertz CT molecular complexity index is 1320. The van der Waals surface area contributed by atoms with Gasteiger partial charge < -0.3 is 4.42 Å². The van der Waals surface area contributed by atoms with Crippen LogP contribution in [-0.2, 0) is 6.54 Å². The Kier molecular flexibility index (Phi) is 4.50. The average Bonchev–Trinajstić information content (AvgIpc) is 3.37. The fraction of sp³-hybridized carbons (Fsp3) is 0.286. The second kappa shape index (κ2) is 7.33. The highest BCUT2D eigenvalue weighted by Crippen LogP contribution is 2.40. The van der Waals surface area contributed by atoms with E-state index >= 15 is 0 Å². The maximum Gasteiger partial charge on any atom is 0.437 e. The summed E-state index contributed by atoms with van der Waals surface area (Å²) in [6, 6.07) is 9.70. The number of rotatable bonds is 4. The fourth-order valence-corrected chi connectivity index (χ4v) is 4.10. The van der Waals surface area contributed by atoms with Gasteiger partial charge in [0, 0.05) is 6.20 Å². The molecule has 0 saturated heterocycles. The van der Waals surface area contributed by atoms with Crippen LogP contribution in [-0.4, -0.2) is 24.3 Å². The molecular weight excluding hydrogens is 389 g/mol. The summed E-state index contributed by atoms with van der Waals surface area (Å²) in [6.07, 6.45) is 5.32. The SMILES string of the molecule is O=c1c2cccnc2ncn1Cc1nn([C@@H]2CC[C@@H](c3ccc(F)cc3)C2)c(=O)o1. The molecule has 0 amide bonds. The molecule has 1 aliphatic rings. The monoisotopic (exact) mass is 407 g/mol. The Morgan fingerprint density at radius 1 is 1.10 bits per heavy atom. The Balaban J connectivity index is 1.37. The van der Waals surface area contributed by atoms with Crippen molar-refractivity contribution in [3.05, 3.63) is 87.1 Å². The number of aromatic nitrogens is 5. The van der Waals surface area contributed by atoms with Crippen molar-refractivity contribution in [2.75, 3.05) is 0 Å². The van der Waals surface area contributed by atoms with Crippen molar-refractivity contribution < 1.29 is 8.81 Å². The van der Waals surface area contributed by atoms with Gasteiger partial charge in [0.1, 0.15) is 18.7 Å². The van der Waals surface area contributed by atoms with Crippen molar-refractivity contribution in [2.24, 2.45) is 0 Å². The van der Waals surface area contributed by atoms with Crippen molar-refractivity contribution in [2.45, 2.75) is 37.8 Å². The molecule has 5 rings (SSSR count). The van der Waals surface area contributed by atoms with Crippen LogP contribution in [0.5, 0.6) is 0 Å². The van der Waals surface area contributed by atoms with E-state index in [0.29, 0.717) is 11.0 Å². The summed E-state index contributed by atoms with van der Waals surface area (Å²) in [5, 5.41) is 4.71. The normalized spacial score (nSPS) is 18.8. The number of halogens is 1. The maximum atomic E-state index is 13.2. The van der Waals surface area contributed by atoms with E-state index in [-0.39, 0.29) is 35.8 Å². The van der Waals surface area contributed by atoms with E-state index in [1.165, 1.54) is 27.7 Å². The molecule has 1 saturated carbocycles. The van der Waals surface area contributed by atoms with E-state index in [2.05, 4.69) is 15.1 Å². The van der Waals surface area contributed by atoms with Crippen LogP contribution < -0.4 is 11.3 Å². The standard InChI is InChI=1S/C21H18FN5O3/c22-15-6-3-13(4-7-15)14-5-8-16(10-14)27-21(29)30-18(25-27)11-26-12-24-19-17(20(26)28)2-1-9-23-19/h1-4,6-7,9,12,14,16H,5,8,10-11H2/t14-,16-/m1/s1. The molecule has 0 unspecified atom stereocenters. The molecule has 0 N–H and O–H groups in total. The predicted molar refractivity (Wildman–Crippen MR) is 106 cm³/mol. The van der Waals surface area contributed by atoms with Gasteiger partial charge in [-0.05, 0) is 55.0 Å².